The molecule has 0 unspecified atom stereocenters. The van der Waals surface area contributed by atoms with Crippen molar-refractivity contribution in [1.29, 1.82) is 0 Å². The van der Waals surface area contributed by atoms with Gasteiger partial charge < -0.3 is 4.74 Å². The second kappa shape index (κ2) is 6.77. The van der Waals surface area contributed by atoms with Gasteiger partial charge in [-0.15, -0.1) is 0 Å². The first-order valence-corrected chi connectivity index (χ1v) is 7.99. The van der Waals surface area contributed by atoms with Crippen LogP contribution in [0.4, 0.5) is 0 Å². The molecule has 1 fully saturated rings. The van der Waals surface area contributed by atoms with Crippen molar-refractivity contribution in [3.63, 3.8) is 0 Å². The molecule has 1 saturated carbocycles. The number of ether oxygens (including phenoxy) is 1. The van der Waals surface area contributed by atoms with Gasteiger partial charge in [-0.2, -0.15) is 5.10 Å². The molecule has 0 bridgehead atoms. The van der Waals surface area contributed by atoms with Gasteiger partial charge in [-0.1, -0.05) is 19.3 Å². The van der Waals surface area contributed by atoms with Crippen molar-refractivity contribution in [1.82, 2.24) is 9.78 Å². The molecule has 2 aromatic rings. The van der Waals surface area contributed by atoms with Gasteiger partial charge in [0.15, 0.2) is 0 Å². The minimum Gasteiger partial charge on any atom is -0.497 e. The predicted octanol–water partition coefficient (Wildman–Crippen LogP) is 3.50. The number of aromatic nitrogens is 2. The lowest BCUT2D eigenvalue weighted by atomic mass is 9.89. The summed E-state index contributed by atoms with van der Waals surface area (Å²) in [5, 5.41) is 4.56. The molecule has 4 nitrogen and oxygen atoms in total. The minimum atomic E-state index is -0.0113. The number of hydrogen-bond acceptors (Lipinski definition) is 3. The Balaban J connectivity index is 1.83. The number of nitrogens with zero attached hydrogens (tertiary/aromatic N) is 2. The first kappa shape index (κ1) is 14.8. The zero-order valence-corrected chi connectivity index (χ0v) is 13.0. The average molecular weight is 298 g/mol. The van der Waals surface area contributed by atoms with E-state index in [0.717, 1.165) is 23.6 Å². The van der Waals surface area contributed by atoms with Crippen molar-refractivity contribution < 1.29 is 4.74 Å². The summed E-state index contributed by atoms with van der Waals surface area (Å²) in [4.78, 5) is 12.1. The molecule has 0 amide bonds. The van der Waals surface area contributed by atoms with E-state index in [0.29, 0.717) is 5.92 Å². The molecular formula is C18H22N2O2. The fraction of sp³-hybridized carbons (Fsp3) is 0.444. The molecule has 1 aliphatic rings. The molecule has 1 aliphatic carbocycles. The fourth-order valence-electron chi connectivity index (χ4n) is 3.11. The van der Waals surface area contributed by atoms with E-state index < -0.39 is 0 Å². The minimum absolute atomic E-state index is 0.0113. The average Bonchev–Trinajstić information content (AvgIpc) is 2.58. The Labute approximate surface area is 130 Å². The standard InChI is InChI=1S/C18H22N2O2/c1-22-16-9-7-15(8-10-16)17-11-12-18(21)20(19-17)13-14-5-3-2-4-6-14/h7-12,14H,2-6,13H2,1H3. The smallest absolute Gasteiger partial charge is 0.266 e. The highest BCUT2D eigenvalue weighted by Gasteiger charge is 2.15. The number of methoxy groups -OCH3 is 1. The maximum Gasteiger partial charge on any atom is 0.266 e. The zero-order chi connectivity index (χ0) is 15.4. The molecule has 0 spiro atoms. The molecule has 0 atom stereocenters. The Morgan fingerprint density at radius 1 is 1.09 bits per heavy atom. The van der Waals surface area contributed by atoms with Crippen LogP contribution in [0.25, 0.3) is 11.3 Å². The second-order valence-corrected chi connectivity index (χ2v) is 5.97. The molecule has 4 heteroatoms. The van der Waals surface area contributed by atoms with Crippen LogP contribution >= 0.6 is 0 Å². The van der Waals surface area contributed by atoms with E-state index in [1.807, 2.05) is 24.3 Å². The maximum atomic E-state index is 12.1. The number of benzene rings is 1. The highest BCUT2D eigenvalue weighted by Crippen LogP contribution is 2.25. The molecule has 1 aromatic heterocycles. The van der Waals surface area contributed by atoms with E-state index in [2.05, 4.69) is 5.10 Å². The van der Waals surface area contributed by atoms with Crippen molar-refractivity contribution in [3.05, 3.63) is 46.8 Å². The van der Waals surface area contributed by atoms with Crippen LogP contribution in [0.2, 0.25) is 0 Å². The summed E-state index contributed by atoms with van der Waals surface area (Å²) >= 11 is 0. The Hall–Kier alpha value is -2.10. The first-order valence-electron chi connectivity index (χ1n) is 7.99. The van der Waals surface area contributed by atoms with Gasteiger partial charge in [-0.3, -0.25) is 4.79 Å². The van der Waals surface area contributed by atoms with Crippen molar-refractivity contribution in [3.8, 4) is 17.0 Å². The van der Waals surface area contributed by atoms with E-state index in [1.54, 1.807) is 23.9 Å². The van der Waals surface area contributed by atoms with Crippen molar-refractivity contribution in [2.75, 3.05) is 7.11 Å². The monoisotopic (exact) mass is 298 g/mol. The van der Waals surface area contributed by atoms with Crippen LogP contribution in [0.5, 0.6) is 5.75 Å². The molecule has 0 radical (unpaired) electrons. The van der Waals surface area contributed by atoms with E-state index in [-0.39, 0.29) is 5.56 Å². The molecule has 1 heterocycles. The van der Waals surface area contributed by atoms with Crippen LogP contribution in [0, 0.1) is 5.92 Å². The first-order chi connectivity index (χ1) is 10.8. The number of rotatable bonds is 4. The number of hydrogen-bond donors (Lipinski definition) is 0. The van der Waals surface area contributed by atoms with Crippen LogP contribution < -0.4 is 10.3 Å². The summed E-state index contributed by atoms with van der Waals surface area (Å²) < 4.78 is 6.81. The second-order valence-electron chi connectivity index (χ2n) is 5.97. The van der Waals surface area contributed by atoms with Gasteiger partial charge in [0.1, 0.15) is 5.75 Å². The Morgan fingerprint density at radius 3 is 2.50 bits per heavy atom. The topological polar surface area (TPSA) is 44.1 Å². The van der Waals surface area contributed by atoms with Crippen LogP contribution in [0.15, 0.2) is 41.2 Å². The molecule has 22 heavy (non-hydrogen) atoms. The molecule has 0 aliphatic heterocycles. The van der Waals surface area contributed by atoms with Crippen molar-refractivity contribution >= 4 is 0 Å². The summed E-state index contributed by atoms with van der Waals surface area (Å²) in [5.41, 5.74) is 1.82. The van der Waals surface area contributed by atoms with Gasteiger partial charge in [0, 0.05) is 18.2 Å². The van der Waals surface area contributed by atoms with E-state index in [4.69, 9.17) is 4.74 Å². The fourth-order valence-corrected chi connectivity index (χ4v) is 3.11. The van der Waals surface area contributed by atoms with Gasteiger partial charge in [0.05, 0.1) is 12.8 Å². The molecular weight excluding hydrogens is 276 g/mol. The lowest BCUT2D eigenvalue weighted by Crippen LogP contribution is -2.27. The largest absolute Gasteiger partial charge is 0.497 e. The zero-order valence-electron chi connectivity index (χ0n) is 13.0. The third kappa shape index (κ3) is 3.38. The molecule has 0 N–H and O–H groups in total. The van der Waals surface area contributed by atoms with Gasteiger partial charge in [-0.25, -0.2) is 4.68 Å². The van der Waals surface area contributed by atoms with Gasteiger partial charge >= 0.3 is 0 Å². The third-order valence-electron chi connectivity index (χ3n) is 4.41. The SMILES string of the molecule is COc1ccc(-c2ccc(=O)n(CC3CCCCC3)n2)cc1. The molecule has 1 aromatic carbocycles. The summed E-state index contributed by atoms with van der Waals surface area (Å²) in [5.74, 6) is 1.41. The predicted molar refractivity (Wildman–Crippen MR) is 87.1 cm³/mol. The van der Waals surface area contributed by atoms with Crippen LogP contribution in [-0.2, 0) is 6.54 Å². The van der Waals surface area contributed by atoms with E-state index in [1.165, 1.54) is 32.1 Å². The van der Waals surface area contributed by atoms with Crippen LogP contribution in [-0.4, -0.2) is 16.9 Å². The summed E-state index contributed by atoms with van der Waals surface area (Å²) in [6.07, 6.45) is 6.29. The molecule has 3 rings (SSSR count). The lowest BCUT2D eigenvalue weighted by molar-refractivity contribution is 0.303. The molecule has 116 valence electrons. The van der Waals surface area contributed by atoms with E-state index in [9.17, 15) is 4.79 Å². The van der Waals surface area contributed by atoms with Crippen molar-refractivity contribution in [2.24, 2.45) is 5.92 Å². The van der Waals surface area contributed by atoms with Gasteiger partial charge in [0.25, 0.3) is 5.56 Å². The van der Waals surface area contributed by atoms with Crippen LogP contribution in [0.3, 0.4) is 0 Å². The third-order valence-corrected chi connectivity index (χ3v) is 4.41. The van der Waals surface area contributed by atoms with Crippen molar-refractivity contribution in [2.45, 2.75) is 38.6 Å². The van der Waals surface area contributed by atoms with Gasteiger partial charge in [0.2, 0.25) is 0 Å². The Morgan fingerprint density at radius 2 is 1.82 bits per heavy atom. The Kier molecular flexibility index (Phi) is 4.56. The maximum absolute atomic E-state index is 12.1. The Bertz CT molecular complexity index is 670. The lowest BCUT2D eigenvalue weighted by Gasteiger charge is -2.21. The molecule has 0 saturated heterocycles. The summed E-state index contributed by atoms with van der Waals surface area (Å²) in [6, 6.07) is 11.2. The van der Waals surface area contributed by atoms with Crippen LogP contribution in [0.1, 0.15) is 32.1 Å². The summed E-state index contributed by atoms with van der Waals surface area (Å²) in [6.45, 7) is 0.739. The quantitative estimate of drug-likeness (QED) is 0.867. The van der Waals surface area contributed by atoms with Gasteiger partial charge in [-0.05, 0) is 49.1 Å². The highest BCUT2D eigenvalue weighted by molar-refractivity contribution is 5.59. The summed E-state index contributed by atoms with van der Waals surface area (Å²) in [7, 11) is 1.65. The highest BCUT2D eigenvalue weighted by atomic mass is 16.5. The normalized spacial score (nSPS) is 15.7. The van der Waals surface area contributed by atoms with E-state index >= 15 is 0 Å².